The summed E-state index contributed by atoms with van der Waals surface area (Å²) in [4.78, 5) is 0. The minimum absolute atomic E-state index is 0.510. The molecule has 0 heteroatoms. The van der Waals surface area contributed by atoms with Crippen molar-refractivity contribution in [2.45, 2.75) is 131 Å². The van der Waals surface area contributed by atoms with Crippen LogP contribution in [0.3, 0.4) is 0 Å². The van der Waals surface area contributed by atoms with Gasteiger partial charge in [0.2, 0.25) is 0 Å². The Hall–Kier alpha value is -0.520. The molecule has 0 saturated heterocycles. The van der Waals surface area contributed by atoms with Crippen LogP contribution in [0.5, 0.6) is 0 Å². The van der Waals surface area contributed by atoms with Gasteiger partial charge in [-0.3, -0.25) is 0 Å². The van der Waals surface area contributed by atoms with E-state index < -0.39 is 0 Å². The zero-order valence-electron chi connectivity index (χ0n) is 21.2. The highest BCUT2D eigenvalue weighted by Gasteiger charge is 2.56. The summed E-state index contributed by atoms with van der Waals surface area (Å²) in [7, 11) is 0. The number of rotatable bonds is 7. The number of fused-ring (bicyclic) bond motifs is 4. The molecule has 30 heavy (non-hydrogen) atoms. The van der Waals surface area contributed by atoms with Gasteiger partial charge in [-0.25, -0.2) is 0 Å². The molecule has 4 rings (SSSR count). The van der Waals surface area contributed by atoms with E-state index >= 15 is 0 Å². The van der Waals surface area contributed by atoms with E-state index in [-0.39, 0.29) is 0 Å². The van der Waals surface area contributed by atoms with Gasteiger partial charge in [-0.1, -0.05) is 78.9 Å². The van der Waals surface area contributed by atoms with Crippen LogP contribution in [0.1, 0.15) is 131 Å². The van der Waals surface area contributed by atoms with E-state index in [4.69, 9.17) is 0 Å². The lowest BCUT2D eigenvalue weighted by atomic mass is 9.53. The molecule has 0 bridgehead atoms. The summed E-state index contributed by atoms with van der Waals surface area (Å²) in [6.45, 7) is 15.1. The molecule has 1 saturated carbocycles. The highest BCUT2D eigenvalue weighted by molar-refractivity contribution is 5.44. The summed E-state index contributed by atoms with van der Waals surface area (Å²) >= 11 is 0. The first kappa shape index (κ1) is 22.7. The molecule has 4 unspecified atom stereocenters. The molecule has 0 nitrogen and oxygen atoms in total. The summed E-state index contributed by atoms with van der Waals surface area (Å²) < 4.78 is 0. The summed E-state index contributed by atoms with van der Waals surface area (Å²) in [5.74, 6) is 2.75. The monoisotopic (exact) mass is 410 g/mol. The topological polar surface area (TPSA) is 0 Å². The fourth-order valence-corrected chi connectivity index (χ4v) is 9.06. The molecule has 0 spiro atoms. The quantitative estimate of drug-likeness (QED) is 0.392. The van der Waals surface area contributed by atoms with E-state index in [9.17, 15) is 0 Å². The molecule has 170 valence electrons. The zero-order valence-corrected chi connectivity index (χ0v) is 21.2. The molecular formula is C30H50. The van der Waals surface area contributed by atoms with Gasteiger partial charge in [0.25, 0.3) is 0 Å². The Kier molecular flexibility index (Phi) is 6.38. The molecule has 1 fully saturated rings. The van der Waals surface area contributed by atoms with E-state index in [1.54, 1.807) is 0 Å². The molecule has 0 N–H and O–H groups in total. The van der Waals surface area contributed by atoms with Gasteiger partial charge in [-0.05, 0) is 109 Å². The third-order valence-electron chi connectivity index (χ3n) is 10.7. The van der Waals surface area contributed by atoms with Crippen molar-refractivity contribution < 1.29 is 0 Å². The maximum absolute atomic E-state index is 2.78. The Morgan fingerprint density at radius 3 is 2.53 bits per heavy atom. The Bertz CT molecular complexity index is 691. The van der Waals surface area contributed by atoms with Crippen LogP contribution < -0.4 is 0 Å². The molecular weight excluding hydrogens is 360 g/mol. The molecule has 0 radical (unpaired) electrons. The zero-order chi connectivity index (χ0) is 21.6. The van der Waals surface area contributed by atoms with Crippen molar-refractivity contribution >= 4 is 0 Å². The van der Waals surface area contributed by atoms with Crippen molar-refractivity contribution in [3.63, 3.8) is 0 Å². The second-order valence-electron chi connectivity index (χ2n) is 12.7. The SMILES string of the molecule is CCCCC(C)(C)[C@H]1CCC2C3CCC4=C(CCC(CC)(CCC)C4)C3=CCC21C. The van der Waals surface area contributed by atoms with E-state index in [2.05, 4.69) is 47.6 Å². The lowest BCUT2D eigenvalue weighted by Crippen LogP contribution is -2.43. The van der Waals surface area contributed by atoms with Crippen molar-refractivity contribution in [2.75, 3.05) is 0 Å². The molecule has 0 heterocycles. The van der Waals surface area contributed by atoms with E-state index in [0.717, 1.165) is 17.8 Å². The van der Waals surface area contributed by atoms with Gasteiger partial charge in [-0.2, -0.15) is 0 Å². The number of hydrogen-bond acceptors (Lipinski definition) is 0. The van der Waals surface area contributed by atoms with Gasteiger partial charge >= 0.3 is 0 Å². The Morgan fingerprint density at radius 1 is 1.03 bits per heavy atom. The van der Waals surface area contributed by atoms with Crippen LogP contribution >= 0.6 is 0 Å². The first-order chi connectivity index (χ1) is 14.3. The van der Waals surface area contributed by atoms with Gasteiger partial charge in [-0.15, -0.1) is 0 Å². The summed E-state index contributed by atoms with van der Waals surface area (Å²) in [6, 6.07) is 0. The number of allylic oxidation sites excluding steroid dienone is 4. The van der Waals surface area contributed by atoms with Crippen molar-refractivity contribution in [1.82, 2.24) is 0 Å². The summed E-state index contributed by atoms with van der Waals surface area (Å²) in [5, 5.41) is 0. The van der Waals surface area contributed by atoms with Crippen LogP contribution in [-0.4, -0.2) is 0 Å². The minimum Gasteiger partial charge on any atom is -0.0802 e. The molecule has 0 aromatic rings. The van der Waals surface area contributed by atoms with Crippen LogP contribution in [0, 0.1) is 34.0 Å². The van der Waals surface area contributed by atoms with E-state index in [1.807, 2.05) is 16.7 Å². The fraction of sp³-hybridized carbons (Fsp3) is 0.867. The van der Waals surface area contributed by atoms with Crippen LogP contribution in [0.4, 0.5) is 0 Å². The Labute approximate surface area is 188 Å². The molecule has 4 aliphatic rings. The van der Waals surface area contributed by atoms with Crippen molar-refractivity contribution in [3.05, 3.63) is 22.8 Å². The minimum atomic E-state index is 0.510. The largest absolute Gasteiger partial charge is 0.0802 e. The average Bonchev–Trinajstić information content (AvgIpc) is 3.10. The van der Waals surface area contributed by atoms with Crippen LogP contribution in [0.2, 0.25) is 0 Å². The maximum Gasteiger partial charge on any atom is -0.0126 e. The molecule has 0 aromatic heterocycles. The molecule has 0 amide bonds. The fourth-order valence-electron chi connectivity index (χ4n) is 9.06. The first-order valence-electron chi connectivity index (χ1n) is 13.7. The predicted molar refractivity (Wildman–Crippen MR) is 132 cm³/mol. The Balaban J connectivity index is 1.59. The van der Waals surface area contributed by atoms with Gasteiger partial charge in [0, 0.05) is 0 Å². The third kappa shape index (κ3) is 3.67. The summed E-state index contributed by atoms with van der Waals surface area (Å²) in [6.07, 6.45) is 22.6. The highest BCUT2D eigenvalue weighted by atomic mass is 14.6. The van der Waals surface area contributed by atoms with Gasteiger partial charge in [0.1, 0.15) is 0 Å². The lowest BCUT2D eigenvalue weighted by molar-refractivity contribution is 0.0277. The van der Waals surface area contributed by atoms with Gasteiger partial charge in [0.15, 0.2) is 0 Å². The second-order valence-corrected chi connectivity index (χ2v) is 12.7. The van der Waals surface area contributed by atoms with Crippen LogP contribution in [0.15, 0.2) is 22.8 Å². The molecule has 0 aromatic carbocycles. The van der Waals surface area contributed by atoms with Crippen LogP contribution in [-0.2, 0) is 0 Å². The maximum atomic E-state index is 2.78. The predicted octanol–water partition coefficient (Wildman–Crippen LogP) is 9.65. The Morgan fingerprint density at radius 2 is 1.83 bits per heavy atom. The standard InChI is InChI=1S/C30H50/c1-7-10-18-28(4,5)27-14-13-26-25-12-11-22-21-30(9-3,17-8-2)20-16-23(22)24(25)15-19-29(26,27)6/h15,25-27H,7-14,16-21H2,1-6H3/t25?,26?,27-,29?,30?/m1/s1. The van der Waals surface area contributed by atoms with Crippen LogP contribution in [0.25, 0.3) is 0 Å². The van der Waals surface area contributed by atoms with Crippen molar-refractivity contribution in [2.24, 2.45) is 34.0 Å². The van der Waals surface area contributed by atoms with Crippen molar-refractivity contribution in [1.29, 1.82) is 0 Å². The first-order valence-corrected chi connectivity index (χ1v) is 13.7. The lowest BCUT2D eigenvalue weighted by Gasteiger charge is -2.52. The van der Waals surface area contributed by atoms with Gasteiger partial charge < -0.3 is 0 Å². The molecule has 5 atom stereocenters. The average molecular weight is 411 g/mol. The van der Waals surface area contributed by atoms with Crippen molar-refractivity contribution in [3.8, 4) is 0 Å². The molecule has 0 aliphatic heterocycles. The molecule has 4 aliphatic carbocycles. The van der Waals surface area contributed by atoms with E-state index in [0.29, 0.717) is 16.2 Å². The third-order valence-corrected chi connectivity index (χ3v) is 10.7. The smallest absolute Gasteiger partial charge is 0.0126 e. The summed E-state index contributed by atoms with van der Waals surface area (Å²) in [5.41, 5.74) is 7.30. The highest BCUT2D eigenvalue weighted by Crippen LogP contribution is 2.65. The van der Waals surface area contributed by atoms with E-state index in [1.165, 1.54) is 89.9 Å². The van der Waals surface area contributed by atoms with Gasteiger partial charge in [0.05, 0.1) is 0 Å². The normalized spacial score (nSPS) is 38.7. The number of hydrogen-bond donors (Lipinski definition) is 0. The number of unbranched alkanes of at least 4 members (excludes halogenated alkanes) is 1. The second kappa shape index (κ2) is 8.44.